The van der Waals surface area contributed by atoms with E-state index in [9.17, 15) is 20.4 Å². The van der Waals surface area contributed by atoms with Crippen molar-refractivity contribution in [3.8, 4) is 0 Å². The first-order chi connectivity index (χ1) is 12.6. The second-order valence-corrected chi connectivity index (χ2v) is 7.74. The van der Waals surface area contributed by atoms with Gasteiger partial charge in [0.15, 0.2) is 0 Å². The van der Waals surface area contributed by atoms with Crippen LogP contribution in [0.5, 0.6) is 0 Å². The number of aliphatic hydroxyl groups is 4. The van der Waals surface area contributed by atoms with E-state index < -0.39 is 11.8 Å². The highest BCUT2D eigenvalue weighted by Crippen LogP contribution is 2.46. The van der Waals surface area contributed by atoms with Crippen molar-refractivity contribution >= 4 is 11.4 Å². The number of nitrogens with one attached hydrogen (secondary N) is 2. The topological polar surface area (TPSA) is 105 Å². The predicted octanol–water partition coefficient (Wildman–Crippen LogP) is 2.69. The highest BCUT2D eigenvalue weighted by atomic mass is 16.5. The molecule has 0 saturated heterocycles. The summed E-state index contributed by atoms with van der Waals surface area (Å²) in [5.74, 6) is -3.91. The zero-order valence-electron chi connectivity index (χ0n) is 15.7. The molecule has 0 unspecified atom stereocenters. The van der Waals surface area contributed by atoms with Gasteiger partial charge in [0.05, 0.1) is 0 Å². The largest absolute Gasteiger partial charge is 0.349 e. The summed E-state index contributed by atoms with van der Waals surface area (Å²) in [5.41, 5.74) is 3.59. The summed E-state index contributed by atoms with van der Waals surface area (Å²) in [6.45, 7) is 2.55. The van der Waals surface area contributed by atoms with E-state index in [1.54, 1.807) is 0 Å². The highest BCUT2D eigenvalue weighted by molar-refractivity contribution is 5.52. The molecule has 6 heteroatoms. The van der Waals surface area contributed by atoms with Crippen LogP contribution < -0.4 is 10.6 Å². The Hall–Kier alpha value is -2.12. The second kappa shape index (κ2) is 7.13. The molecule has 146 valence electrons. The van der Waals surface area contributed by atoms with Crippen molar-refractivity contribution in [1.29, 1.82) is 0 Å². The van der Waals surface area contributed by atoms with Gasteiger partial charge in [-0.05, 0) is 48.2 Å². The van der Waals surface area contributed by atoms with Gasteiger partial charge in [0, 0.05) is 30.6 Å². The van der Waals surface area contributed by atoms with Crippen LogP contribution in [0.1, 0.15) is 50.7 Å². The molecule has 0 aromatic heterocycles. The van der Waals surface area contributed by atoms with Gasteiger partial charge in [0.1, 0.15) is 0 Å². The van der Waals surface area contributed by atoms with E-state index in [4.69, 9.17) is 0 Å². The van der Waals surface area contributed by atoms with E-state index >= 15 is 0 Å². The minimum atomic E-state index is -1.96. The Kier molecular flexibility index (Phi) is 5.18. The summed E-state index contributed by atoms with van der Waals surface area (Å²) in [4.78, 5) is 0. The smallest absolute Gasteiger partial charge is 0.241 e. The molecule has 6 nitrogen and oxygen atoms in total. The van der Waals surface area contributed by atoms with Gasteiger partial charge >= 0.3 is 0 Å². The number of hydrogen-bond donors (Lipinski definition) is 6. The van der Waals surface area contributed by atoms with Crippen molar-refractivity contribution in [2.45, 2.75) is 56.8 Å². The van der Waals surface area contributed by atoms with E-state index in [1.807, 2.05) is 48.5 Å². The first-order valence-corrected chi connectivity index (χ1v) is 9.24. The standard InChI is InChI=1S/C21H28N2O4/c1-19(24,25)22-17-9-5-15(6-10-17)21(13-3-4-14-21)16-7-11-18(12-8-16)23-20(2,26)27/h5-12,22-27H,3-4,13-14H2,1-2H3. The fourth-order valence-electron chi connectivity index (χ4n) is 4.01. The fraction of sp³-hybridized carbons (Fsp3) is 0.429. The normalized spacial score (nSPS) is 17.0. The summed E-state index contributed by atoms with van der Waals surface area (Å²) in [6, 6.07) is 15.6. The zero-order valence-corrected chi connectivity index (χ0v) is 15.7. The molecule has 1 saturated carbocycles. The molecule has 0 atom stereocenters. The molecule has 0 aliphatic heterocycles. The maximum atomic E-state index is 9.49. The van der Waals surface area contributed by atoms with Gasteiger partial charge in [-0.1, -0.05) is 37.1 Å². The number of benzene rings is 2. The maximum Gasteiger partial charge on any atom is 0.241 e. The molecule has 0 amide bonds. The SMILES string of the molecule is CC(O)(O)Nc1ccc(C2(c3ccc(NC(C)(O)O)cc3)CCCC2)cc1. The molecule has 0 bridgehead atoms. The highest BCUT2D eigenvalue weighted by Gasteiger charge is 2.37. The Labute approximate surface area is 159 Å². The first-order valence-electron chi connectivity index (χ1n) is 9.24. The van der Waals surface area contributed by atoms with Crippen molar-refractivity contribution in [3.05, 3.63) is 59.7 Å². The summed E-state index contributed by atoms with van der Waals surface area (Å²) in [7, 11) is 0. The molecule has 6 N–H and O–H groups in total. The lowest BCUT2D eigenvalue weighted by Gasteiger charge is -2.31. The Bertz CT molecular complexity index is 691. The van der Waals surface area contributed by atoms with Crippen molar-refractivity contribution < 1.29 is 20.4 Å². The van der Waals surface area contributed by atoms with Crippen molar-refractivity contribution in [2.24, 2.45) is 0 Å². The van der Waals surface area contributed by atoms with Gasteiger partial charge in [-0.3, -0.25) is 0 Å². The Morgan fingerprint density at radius 1 is 0.667 bits per heavy atom. The zero-order chi connectivity index (χ0) is 19.7. The van der Waals surface area contributed by atoms with Gasteiger partial charge in [-0.25, -0.2) is 0 Å². The molecule has 27 heavy (non-hydrogen) atoms. The van der Waals surface area contributed by atoms with E-state index in [0.29, 0.717) is 11.4 Å². The average molecular weight is 372 g/mol. The van der Waals surface area contributed by atoms with Gasteiger partial charge in [-0.15, -0.1) is 0 Å². The van der Waals surface area contributed by atoms with Crippen LogP contribution in [-0.2, 0) is 5.41 Å². The summed E-state index contributed by atoms with van der Waals surface area (Å²) >= 11 is 0. The number of hydrogen-bond acceptors (Lipinski definition) is 6. The third kappa shape index (κ3) is 4.78. The third-order valence-electron chi connectivity index (χ3n) is 5.09. The van der Waals surface area contributed by atoms with E-state index in [-0.39, 0.29) is 5.41 Å². The molecule has 2 aromatic carbocycles. The molecule has 0 heterocycles. The molecule has 0 spiro atoms. The van der Waals surface area contributed by atoms with Crippen LogP contribution in [0.15, 0.2) is 48.5 Å². The quantitative estimate of drug-likeness (QED) is 0.436. The first kappa shape index (κ1) is 19.6. The monoisotopic (exact) mass is 372 g/mol. The lowest BCUT2D eigenvalue weighted by molar-refractivity contribution is -0.119. The molecule has 1 fully saturated rings. The van der Waals surface area contributed by atoms with Gasteiger partial charge < -0.3 is 31.1 Å². The van der Waals surface area contributed by atoms with Crippen molar-refractivity contribution in [2.75, 3.05) is 10.6 Å². The molecule has 1 aliphatic carbocycles. The van der Waals surface area contributed by atoms with Crippen molar-refractivity contribution in [1.82, 2.24) is 0 Å². The molecular formula is C21H28N2O4. The van der Waals surface area contributed by atoms with Gasteiger partial charge in [0.2, 0.25) is 11.8 Å². The lowest BCUT2D eigenvalue weighted by Crippen LogP contribution is -2.33. The van der Waals surface area contributed by atoms with Crippen LogP contribution in [0.25, 0.3) is 0 Å². The maximum absolute atomic E-state index is 9.49. The van der Waals surface area contributed by atoms with Crippen LogP contribution in [0.3, 0.4) is 0 Å². The number of rotatable bonds is 6. The minimum absolute atomic E-state index is 0.0828. The molecular weight excluding hydrogens is 344 g/mol. The Morgan fingerprint density at radius 3 is 1.30 bits per heavy atom. The molecule has 3 rings (SSSR count). The molecule has 1 aliphatic rings. The van der Waals surface area contributed by atoms with Gasteiger partial charge in [-0.2, -0.15) is 0 Å². The Balaban J connectivity index is 1.88. The van der Waals surface area contributed by atoms with E-state index in [0.717, 1.165) is 25.7 Å². The second-order valence-electron chi connectivity index (χ2n) is 7.74. The van der Waals surface area contributed by atoms with Crippen LogP contribution >= 0.6 is 0 Å². The fourth-order valence-corrected chi connectivity index (χ4v) is 4.01. The van der Waals surface area contributed by atoms with E-state index in [2.05, 4.69) is 10.6 Å². The van der Waals surface area contributed by atoms with E-state index in [1.165, 1.54) is 25.0 Å². The van der Waals surface area contributed by atoms with Crippen LogP contribution in [-0.4, -0.2) is 32.2 Å². The van der Waals surface area contributed by atoms with Crippen molar-refractivity contribution in [3.63, 3.8) is 0 Å². The van der Waals surface area contributed by atoms with Crippen LogP contribution in [0, 0.1) is 0 Å². The predicted molar refractivity (Wildman–Crippen MR) is 105 cm³/mol. The Morgan fingerprint density at radius 2 is 1.00 bits per heavy atom. The van der Waals surface area contributed by atoms with Crippen LogP contribution in [0.4, 0.5) is 11.4 Å². The molecule has 2 aromatic rings. The average Bonchev–Trinajstić information content (AvgIpc) is 3.04. The lowest BCUT2D eigenvalue weighted by atomic mass is 9.73. The summed E-state index contributed by atoms with van der Waals surface area (Å²) in [5, 5.41) is 43.2. The van der Waals surface area contributed by atoms with Crippen LogP contribution in [0.2, 0.25) is 0 Å². The molecule has 0 radical (unpaired) electrons. The summed E-state index contributed by atoms with van der Waals surface area (Å²) < 4.78 is 0. The third-order valence-corrected chi connectivity index (χ3v) is 5.09. The minimum Gasteiger partial charge on any atom is -0.349 e. The number of anilines is 2. The summed E-state index contributed by atoms with van der Waals surface area (Å²) in [6.07, 6.45) is 4.39. The van der Waals surface area contributed by atoms with Gasteiger partial charge in [0.25, 0.3) is 0 Å².